The van der Waals surface area contributed by atoms with E-state index in [4.69, 9.17) is 4.84 Å². The van der Waals surface area contributed by atoms with Crippen molar-refractivity contribution in [2.45, 2.75) is 6.92 Å². The molecule has 0 aromatic rings. The fourth-order valence-electron chi connectivity index (χ4n) is 0.495. The summed E-state index contributed by atoms with van der Waals surface area (Å²) in [5, 5.41) is 5.00. The molecule has 1 rings (SSSR count). The van der Waals surface area contributed by atoms with Crippen LogP contribution in [-0.2, 0) is 9.63 Å². The van der Waals surface area contributed by atoms with Crippen LogP contribution < -0.4 is 0 Å². The van der Waals surface area contributed by atoms with Crippen LogP contribution in [0.3, 0.4) is 0 Å². The van der Waals surface area contributed by atoms with Crippen LogP contribution >= 0.6 is 11.8 Å². The summed E-state index contributed by atoms with van der Waals surface area (Å²) in [4.78, 5) is 15.1. The Morgan fingerprint density at radius 1 is 1.50 bits per heavy atom. The van der Waals surface area contributed by atoms with E-state index in [0.717, 1.165) is 0 Å². The third-order valence-electron chi connectivity index (χ3n) is 0.807. The van der Waals surface area contributed by atoms with Gasteiger partial charge in [-0.05, 0) is 10.8 Å². The van der Waals surface area contributed by atoms with E-state index in [1.165, 1.54) is 23.7 Å². The number of hydroxylamine groups is 2. The van der Waals surface area contributed by atoms with Gasteiger partial charge in [-0.15, -0.1) is 11.8 Å². The predicted octanol–water partition coefficient (Wildman–Crippen LogP) is 1.46. The maximum Gasteiger partial charge on any atom is 0.329 e. The van der Waals surface area contributed by atoms with Crippen molar-refractivity contribution >= 4 is 17.7 Å². The van der Waals surface area contributed by atoms with Crippen molar-refractivity contribution in [2.24, 2.45) is 0 Å². The summed E-state index contributed by atoms with van der Waals surface area (Å²) in [6.07, 6.45) is 3.35. The second-order valence-electron chi connectivity index (χ2n) is 1.65. The van der Waals surface area contributed by atoms with Crippen LogP contribution in [-0.4, -0.2) is 11.0 Å². The number of carbonyl (C=O) groups excluding carboxylic acids is 1. The Balaban J connectivity index is 2.40. The van der Waals surface area contributed by atoms with E-state index in [9.17, 15) is 4.79 Å². The van der Waals surface area contributed by atoms with Gasteiger partial charge in [0.05, 0.1) is 12.4 Å². The molecule has 0 N–H and O–H groups in total. The van der Waals surface area contributed by atoms with Gasteiger partial charge in [-0.3, -0.25) is 0 Å². The molecule has 0 amide bonds. The smallest absolute Gasteiger partial charge is 0.329 e. The molecular weight excluding hydrogens is 150 g/mol. The summed E-state index contributed by atoms with van der Waals surface area (Å²) >= 11 is 1.53. The summed E-state index contributed by atoms with van der Waals surface area (Å²) < 4.78 is 0. The van der Waals surface area contributed by atoms with Crippen molar-refractivity contribution < 1.29 is 9.63 Å². The number of carbonyl (C=O) groups is 1. The van der Waals surface area contributed by atoms with Gasteiger partial charge >= 0.3 is 5.97 Å². The molecule has 0 saturated heterocycles. The van der Waals surface area contributed by atoms with E-state index >= 15 is 0 Å². The van der Waals surface area contributed by atoms with Gasteiger partial charge in [-0.1, -0.05) is 0 Å². The molecule has 0 fully saturated rings. The largest absolute Gasteiger partial charge is 0.337 e. The van der Waals surface area contributed by atoms with Gasteiger partial charge in [-0.2, -0.15) is 5.06 Å². The third kappa shape index (κ3) is 2.14. The molecule has 0 atom stereocenters. The van der Waals surface area contributed by atoms with Crippen LogP contribution in [0.25, 0.3) is 0 Å². The summed E-state index contributed by atoms with van der Waals surface area (Å²) in [6.45, 7) is 1.36. The predicted molar refractivity (Wildman–Crippen MR) is 39.5 cm³/mol. The van der Waals surface area contributed by atoms with Gasteiger partial charge in [0.1, 0.15) is 0 Å². The number of rotatable bonds is 1. The van der Waals surface area contributed by atoms with Crippen LogP contribution in [0.2, 0.25) is 0 Å². The van der Waals surface area contributed by atoms with Crippen molar-refractivity contribution in [2.75, 3.05) is 0 Å². The Kier molecular flexibility index (Phi) is 2.39. The van der Waals surface area contributed by atoms with Crippen molar-refractivity contribution in [3.05, 3.63) is 23.2 Å². The van der Waals surface area contributed by atoms with E-state index in [1.807, 2.05) is 10.8 Å². The molecule has 10 heavy (non-hydrogen) atoms. The van der Waals surface area contributed by atoms with E-state index < -0.39 is 0 Å². The number of hydrogen-bond acceptors (Lipinski definition) is 4. The molecule has 0 unspecified atom stereocenters. The molecule has 0 aromatic heterocycles. The number of hydrogen-bond donors (Lipinski definition) is 0. The lowest BCUT2D eigenvalue weighted by atomic mass is 10.8. The highest BCUT2D eigenvalue weighted by atomic mass is 32.2. The van der Waals surface area contributed by atoms with Crippen molar-refractivity contribution in [1.82, 2.24) is 5.06 Å². The zero-order valence-electron chi connectivity index (χ0n) is 5.48. The third-order valence-corrected chi connectivity index (χ3v) is 1.36. The van der Waals surface area contributed by atoms with Gasteiger partial charge < -0.3 is 4.84 Å². The maximum absolute atomic E-state index is 10.4. The standard InChI is InChI=1S/C6H7NO2S/c1-6(8)9-7-2-4-10-5-3-7/h2-5H,1H3. The maximum atomic E-state index is 10.4. The second kappa shape index (κ2) is 3.31. The Morgan fingerprint density at radius 3 is 2.60 bits per heavy atom. The molecule has 1 heterocycles. The van der Waals surface area contributed by atoms with Crippen LogP contribution in [0.15, 0.2) is 23.2 Å². The molecule has 0 saturated carbocycles. The van der Waals surface area contributed by atoms with E-state index in [2.05, 4.69) is 0 Å². The van der Waals surface area contributed by atoms with Crippen LogP contribution in [0.1, 0.15) is 6.92 Å². The molecule has 0 radical (unpaired) electrons. The molecule has 0 bridgehead atoms. The molecule has 0 aromatic carbocycles. The number of thioether (sulfide) groups is 1. The zero-order valence-corrected chi connectivity index (χ0v) is 6.30. The van der Waals surface area contributed by atoms with Crippen LogP contribution in [0.4, 0.5) is 0 Å². The Bertz CT molecular complexity index is 176. The van der Waals surface area contributed by atoms with Gasteiger partial charge in [0.25, 0.3) is 0 Å². The Hall–Kier alpha value is -0.900. The molecule has 0 aliphatic carbocycles. The first kappa shape index (κ1) is 7.21. The lowest BCUT2D eigenvalue weighted by molar-refractivity contribution is -0.166. The second-order valence-corrected chi connectivity index (χ2v) is 2.47. The van der Waals surface area contributed by atoms with Crippen LogP contribution in [0.5, 0.6) is 0 Å². The highest BCUT2D eigenvalue weighted by Crippen LogP contribution is 2.12. The monoisotopic (exact) mass is 157 g/mol. The average molecular weight is 157 g/mol. The van der Waals surface area contributed by atoms with Gasteiger partial charge in [0, 0.05) is 6.92 Å². The highest BCUT2D eigenvalue weighted by molar-refractivity contribution is 8.04. The topological polar surface area (TPSA) is 29.5 Å². The molecular formula is C6H7NO2S. The van der Waals surface area contributed by atoms with Crippen molar-refractivity contribution in [1.29, 1.82) is 0 Å². The SMILES string of the molecule is CC(=O)ON1C=CSC=C1. The quantitative estimate of drug-likeness (QED) is 0.576. The van der Waals surface area contributed by atoms with Crippen molar-refractivity contribution in [3.8, 4) is 0 Å². The van der Waals surface area contributed by atoms with E-state index in [1.54, 1.807) is 12.4 Å². The fraction of sp³-hybridized carbons (Fsp3) is 0.167. The lowest BCUT2D eigenvalue weighted by Crippen LogP contribution is -2.14. The minimum atomic E-state index is -0.318. The first-order valence-electron chi connectivity index (χ1n) is 2.75. The molecule has 4 heteroatoms. The summed E-state index contributed by atoms with van der Waals surface area (Å²) in [6, 6.07) is 0. The lowest BCUT2D eigenvalue weighted by Gasteiger charge is -2.14. The molecule has 1 aliphatic heterocycles. The molecule has 1 aliphatic rings. The number of nitrogens with zero attached hydrogens (tertiary/aromatic N) is 1. The average Bonchev–Trinajstić information content (AvgIpc) is 1.88. The highest BCUT2D eigenvalue weighted by Gasteiger charge is 1.99. The molecule has 54 valence electrons. The minimum absolute atomic E-state index is 0.318. The van der Waals surface area contributed by atoms with Gasteiger partial charge in [0.2, 0.25) is 0 Å². The summed E-state index contributed by atoms with van der Waals surface area (Å²) in [5.74, 6) is -0.318. The molecule has 0 spiro atoms. The van der Waals surface area contributed by atoms with Crippen molar-refractivity contribution in [3.63, 3.8) is 0 Å². The Morgan fingerprint density at radius 2 is 2.10 bits per heavy atom. The van der Waals surface area contributed by atoms with E-state index in [0.29, 0.717) is 0 Å². The Labute approximate surface area is 63.3 Å². The van der Waals surface area contributed by atoms with Crippen LogP contribution in [0, 0.1) is 0 Å². The van der Waals surface area contributed by atoms with Gasteiger partial charge in [-0.25, -0.2) is 4.79 Å². The molecule has 3 nitrogen and oxygen atoms in total. The first-order chi connectivity index (χ1) is 4.79. The first-order valence-corrected chi connectivity index (χ1v) is 3.69. The summed E-state index contributed by atoms with van der Waals surface area (Å²) in [5.41, 5.74) is 0. The van der Waals surface area contributed by atoms with E-state index in [-0.39, 0.29) is 5.97 Å². The zero-order chi connectivity index (χ0) is 7.40. The fourth-order valence-corrected chi connectivity index (χ4v) is 0.966. The van der Waals surface area contributed by atoms with Gasteiger partial charge in [0.15, 0.2) is 0 Å². The summed E-state index contributed by atoms with van der Waals surface area (Å²) in [7, 11) is 0. The normalized spacial score (nSPS) is 15.5. The minimum Gasteiger partial charge on any atom is -0.337 e.